The Morgan fingerprint density at radius 1 is 1.26 bits per heavy atom. The van der Waals surface area contributed by atoms with Crippen LogP contribution >= 0.6 is 34.4 Å². The third kappa shape index (κ3) is 4.70. The van der Waals surface area contributed by atoms with Gasteiger partial charge in [-0.25, -0.2) is 18.2 Å². The van der Waals surface area contributed by atoms with Gasteiger partial charge in [-0.3, -0.25) is 4.72 Å². The highest BCUT2D eigenvalue weighted by Crippen LogP contribution is 2.40. The van der Waals surface area contributed by atoms with E-state index in [1.54, 1.807) is 23.9 Å². The van der Waals surface area contributed by atoms with Crippen LogP contribution in [-0.4, -0.2) is 39.0 Å². The molecule has 2 aromatic heterocycles. The summed E-state index contributed by atoms with van der Waals surface area (Å²) >= 11 is 4.45. The van der Waals surface area contributed by atoms with E-state index in [1.807, 2.05) is 29.8 Å². The Kier molecular flexibility index (Phi) is 5.89. The Morgan fingerprint density at radius 3 is 2.56 bits per heavy atom. The number of thiophene rings is 1. The van der Waals surface area contributed by atoms with Gasteiger partial charge in [0.2, 0.25) is 10.0 Å². The first-order valence-electron chi connectivity index (χ1n) is 7.61. The Morgan fingerprint density at radius 2 is 1.96 bits per heavy atom. The number of anilines is 1. The zero-order valence-electron chi connectivity index (χ0n) is 14.7. The van der Waals surface area contributed by atoms with Crippen LogP contribution in [0.3, 0.4) is 0 Å². The molecule has 0 aliphatic carbocycles. The predicted octanol–water partition coefficient (Wildman–Crippen LogP) is 4.42. The molecule has 0 radical (unpaired) electrons. The molecule has 0 bridgehead atoms. The Balaban J connectivity index is 1.89. The summed E-state index contributed by atoms with van der Waals surface area (Å²) in [5, 5.41) is 2.76. The molecule has 142 valence electrons. The number of thiazole rings is 1. The molecule has 0 unspecified atom stereocenters. The number of methoxy groups -OCH3 is 1. The van der Waals surface area contributed by atoms with Crippen LogP contribution in [0.2, 0.25) is 0 Å². The summed E-state index contributed by atoms with van der Waals surface area (Å²) in [7, 11) is -1.94. The van der Waals surface area contributed by atoms with E-state index in [0.29, 0.717) is 10.6 Å². The van der Waals surface area contributed by atoms with E-state index in [9.17, 15) is 13.2 Å². The Hall–Kier alpha value is -1.88. The van der Waals surface area contributed by atoms with Crippen molar-refractivity contribution in [3.63, 3.8) is 0 Å². The highest BCUT2D eigenvalue weighted by molar-refractivity contribution is 8.00. The molecule has 0 amide bonds. The molecule has 1 N–H and O–H groups in total. The molecule has 0 aliphatic heterocycles. The van der Waals surface area contributed by atoms with Gasteiger partial charge in [0.15, 0.2) is 0 Å². The van der Waals surface area contributed by atoms with Crippen LogP contribution in [0.4, 0.5) is 5.69 Å². The molecular formula is C17H16N2O4S4. The Labute approximate surface area is 169 Å². The lowest BCUT2D eigenvalue weighted by molar-refractivity contribution is 0.0606. The predicted molar refractivity (Wildman–Crippen MR) is 112 cm³/mol. The summed E-state index contributed by atoms with van der Waals surface area (Å²) in [5.41, 5.74) is 3.09. The van der Waals surface area contributed by atoms with E-state index >= 15 is 0 Å². The zero-order valence-corrected chi connectivity index (χ0v) is 17.9. The molecule has 0 saturated carbocycles. The highest BCUT2D eigenvalue weighted by Gasteiger charge is 2.18. The molecule has 1 aromatic carbocycles. The maximum absolute atomic E-state index is 11.8. The first-order valence-corrected chi connectivity index (χ1v) is 12.4. The van der Waals surface area contributed by atoms with Crippen molar-refractivity contribution in [3.8, 4) is 21.8 Å². The van der Waals surface area contributed by atoms with Gasteiger partial charge in [0.1, 0.15) is 9.88 Å². The van der Waals surface area contributed by atoms with Crippen LogP contribution in [0.15, 0.2) is 39.9 Å². The number of ether oxygens (including phenoxy) is 1. The molecule has 3 aromatic rings. The van der Waals surface area contributed by atoms with Gasteiger partial charge in [0.25, 0.3) is 0 Å². The lowest BCUT2D eigenvalue weighted by atomic mass is 10.1. The van der Waals surface area contributed by atoms with Crippen molar-refractivity contribution in [1.29, 1.82) is 0 Å². The smallest absolute Gasteiger partial charge is 0.348 e. The molecule has 0 saturated heterocycles. The number of hydrogen-bond donors (Lipinski definition) is 1. The fourth-order valence-corrected chi connectivity index (χ4v) is 5.66. The minimum absolute atomic E-state index is 0.354. The fraction of sp³-hybridized carbons (Fsp3) is 0.176. The van der Waals surface area contributed by atoms with Crippen molar-refractivity contribution in [1.82, 2.24) is 4.98 Å². The van der Waals surface area contributed by atoms with E-state index in [-0.39, 0.29) is 5.97 Å². The van der Waals surface area contributed by atoms with Gasteiger partial charge < -0.3 is 4.74 Å². The summed E-state index contributed by atoms with van der Waals surface area (Å²) < 4.78 is 30.8. The van der Waals surface area contributed by atoms with Gasteiger partial charge >= 0.3 is 5.97 Å². The number of carbonyl (C=O) groups excluding carboxylic acids is 1. The minimum Gasteiger partial charge on any atom is -0.465 e. The summed E-state index contributed by atoms with van der Waals surface area (Å²) in [4.78, 5) is 17.0. The third-order valence-corrected chi connectivity index (χ3v) is 7.22. The normalized spacial score (nSPS) is 11.4. The second-order valence-corrected chi connectivity index (χ2v) is 10.2. The highest BCUT2D eigenvalue weighted by atomic mass is 32.2. The lowest BCUT2D eigenvalue weighted by Crippen LogP contribution is -2.09. The number of sulfonamides is 1. The molecule has 0 spiro atoms. The second kappa shape index (κ2) is 8.01. The number of nitrogens with one attached hydrogen (secondary N) is 1. The topological polar surface area (TPSA) is 85.4 Å². The molecule has 0 aliphatic rings. The van der Waals surface area contributed by atoms with Crippen molar-refractivity contribution < 1.29 is 17.9 Å². The molecule has 2 heterocycles. The van der Waals surface area contributed by atoms with E-state index in [0.717, 1.165) is 32.3 Å². The number of aromatic nitrogens is 1. The molecular weight excluding hydrogens is 424 g/mol. The molecule has 27 heavy (non-hydrogen) atoms. The van der Waals surface area contributed by atoms with E-state index in [1.165, 1.54) is 29.8 Å². The van der Waals surface area contributed by atoms with Crippen molar-refractivity contribution in [2.75, 3.05) is 24.3 Å². The van der Waals surface area contributed by atoms with Crippen LogP contribution in [0, 0.1) is 0 Å². The van der Waals surface area contributed by atoms with Crippen LogP contribution in [-0.2, 0) is 14.8 Å². The van der Waals surface area contributed by atoms with Gasteiger partial charge in [-0.2, -0.15) is 0 Å². The van der Waals surface area contributed by atoms with Gasteiger partial charge in [-0.1, -0.05) is 12.1 Å². The van der Waals surface area contributed by atoms with Crippen LogP contribution in [0.1, 0.15) is 9.67 Å². The second-order valence-electron chi connectivity index (χ2n) is 5.50. The summed E-state index contributed by atoms with van der Waals surface area (Å²) in [6.45, 7) is 0. The van der Waals surface area contributed by atoms with Crippen LogP contribution in [0.5, 0.6) is 0 Å². The lowest BCUT2D eigenvalue weighted by Gasteiger charge is -2.04. The van der Waals surface area contributed by atoms with Crippen molar-refractivity contribution in [2.24, 2.45) is 0 Å². The SMILES string of the molecule is COC(=O)c1cc(-c2nc(-c3ccc(NS(C)(=O)=O)cc3)cs2)c(SC)s1. The first-order chi connectivity index (χ1) is 12.8. The van der Waals surface area contributed by atoms with Gasteiger partial charge in [-0.15, -0.1) is 34.4 Å². The molecule has 3 rings (SSSR count). The van der Waals surface area contributed by atoms with Crippen molar-refractivity contribution >= 4 is 56.1 Å². The number of carbonyl (C=O) groups is 1. The van der Waals surface area contributed by atoms with E-state index < -0.39 is 10.0 Å². The Bertz CT molecular complexity index is 1070. The monoisotopic (exact) mass is 440 g/mol. The average Bonchev–Trinajstić information content (AvgIpc) is 3.27. The number of esters is 1. The van der Waals surface area contributed by atoms with E-state index in [4.69, 9.17) is 4.74 Å². The van der Waals surface area contributed by atoms with Crippen molar-refractivity contribution in [3.05, 3.63) is 40.6 Å². The minimum atomic E-state index is -3.30. The van der Waals surface area contributed by atoms with Crippen molar-refractivity contribution in [2.45, 2.75) is 4.21 Å². The number of thioether (sulfide) groups is 1. The number of nitrogens with zero attached hydrogens (tertiary/aromatic N) is 1. The number of rotatable bonds is 6. The average molecular weight is 441 g/mol. The summed E-state index contributed by atoms with van der Waals surface area (Å²) in [5.74, 6) is -0.354. The van der Waals surface area contributed by atoms with Gasteiger partial charge in [0.05, 0.1) is 23.3 Å². The largest absolute Gasteiger partial charge is 0.465 e. The molecule has 6 nitrogen and oxygen atoms in total. The van der Waals surface area contributed by atoms with Gasteiger partial charge in [-0.05, 0) is 24.5 Å². The summed E-state index contributed by atoms with van der Waals surface area (Å²) in [6, 6.07) is 8.83. The molecule has 10 heteroatoms. The quantitative estimate of drug-likeness (QED) is 0.451. The fourth-order valence-electron chi connectivity index (χ4n) is 2.33. The van der Waals surface area contributed by atoms with E-state index in [2.05, 4.69) is 9.71 Å². The van der Waals surface area contributed by atoms with Gasteiger partial charge in [0, 0.05) is 22.2 Å². The number of hydrogen-bond acceptors (Lipinski definition) is 8. The molecule has 0 fully saturated rings. The third-order valence-electron chi connectivity index (χ3n) is 3.49. The first kappa shape index (κ1) is 19.9. The summed E-state index contributed by atoms with van der Waals surface area (Å²) in [6.07, 6.45) is 3.07. The zero-order chi connectivity index (χ0) is 19.6. The van der Waals surface area contributed by atoms with Crippen LogP contribution < -0.4 is 4.72 Å². The maximum Gasteiger partial charge on any atom is 0.348 e. The maximum atomic E-state index is 11.8. The van der Waals surface area contributed by atoms with Crippen LogP contribution in [0.25, 0.3) is 21.8 Å². The standard InChI is InChI=1S/C17H16N2O4S4/c1-23-16(20)14-8-12(17(24-2)26-14)15-18-13(9-25-15)10-4-6-11(7-5-10)19-27(3,21)22/h4-9,19H,1-3H3. The molecule has 0 atom stereocenters. The number of benzene rings is 1.